The number of nitrogens with zero attached hydrogens (tertiary/aromatic N) is 1. The predicted molar refractivity (Wildman–Crippen MR) is 56.3 cm³/mol. The van der Waals surface area contributed by atoms with Crippen molar-refractivity contribution in [3.05, 3.63) is 20.8 Å². The molecule has 3 atom stereocenters. The van der Waals surface area contributed by atoms with Crippen molar-refractivity contribution >= 4 is 0 Å². The highest BCUT2D eigenvalue weighted by Crippen LogP contribution is 2.31. The van der Waals surface area contributed by atoms with Crippen LogP contribution in [0.5, 0.6) is 11.6 Å². The summed E-state index contributed by atoms with van der Waals surface area (Å²) in [5, 5.41) is 37.2. The zero-order valence-electron chi connectivity index (χ0n) is 9.11. The summed E-state index contributed by atoms with van der Waals surface area (Å²) in [5.41, 5.74) is -2.10. The zero-order valence-corrected chi connectivity index (χ0v) is 9.11. The van der Waals surface area contributed by atoms with Crippen LogP contribution in [-0.2, 0) is 4.74 Å². The third-order valence-corrected chi connectivity index (χ3v) is 2.77. The smallest absolute Gasteiger partial charge is 0.333 e. The zero-order chi connectivity index (χ0) is 13.4. The van der Waals surface area contributed by atoms with Crippen LogP contribution in [0, 0.1) is 0 Å². The van der Waals surface area contributed by atoms with Gasteiger partial charge in [-0.15, -0.1) is 0 Å². The molecule has 1 saturated heterocycles. The second-order valence-electron chi connectivity index (χ2n) is 3.92. The summed E-state index contributed by atoms with van der Waals surface area (Å²) in [6.45, 7) is -0.456. The Hall–Kier alpha value is -1.84. The van der Waals surface area contributed by atoms with E-state index in [1.54, 1.807) is 4.98 Å². The molecule has 2 rings (SSSR count). The van der Waals surface area contributed by atoms with Crippen LogP contribution in [0.3, 0.4) is 0 Å². The highest BCUT2D eigenvalue weighted by molar-refractivity contribution is 5.28. The van der Waals surface area contributed by atoms with Crippen LogP contribution < -0.4 is 11.2 Å². The van der Waals surface area contributed by atoms with Crippen molar-refractivity contribution in [1.29, 1.82) is 0 Å². The molecule has 0 spiro atoms. The fourth-order valence-electron chi connectivity index (χ4n) is 1.83. The molecule has 0 aromatic carbocycles. The Morgan fingerprint density at radius 3 is 2.61 bits per heavy atom. The minimum Gasteiger partial charge on any atom is -0.499 e. The maximum Gasteiger partial charge on any atom is 0.333 e. The van der Waals surface area contributed by atoms with Gasteiger partial charge in [0.15, 0.2) is 0 Å². The Balaban J connectivity index is 2.45. The number of aromatic amines is 1. The molecule has 5 N–H and O–H groups in total. The lowest BCUT2D eigenvalue weighted by atomic mass is 10.2. The summed E-state index contributed by atoms with van der Waals surface area (Å²) >= 11 is 0. The van der Waals surface area contributed by atoms with E-state index in [2.05, 4.69) is 0 Å². The van der Waals surface area contributed by atoms with E-state index in [0.717, 1.165) is 0 Å². The normalized spacial score (nSPS) is 27.6. The van der Waals surface area contributed by atoms with Crippen molar-refractivity contribution in [3.63, 3.8) is 0 Å². The van der Waals surface area contributed by atoms with E-state index in [1.807, 2.05) is 0 Å². The fourth-order valence-corrected chi connectivity index (χ4v) is 1.83. The van der Waals surface area contributed by atoms with Crippen LogP contribution in [-0.4, -0.2) is 48.8 Å². The van der Waals surface area contributed by atoms with Gasteiger partial charge in [-0.25, -0.2) is 9.36 Å². The number of aliphatic hydroxyl groups excluding tert-OH is 2. The standard InChI is InChI=1S/C9H12N2O7/c12-2-4-3(13)1-5(18-4)11-8(16)6(14)7(15)10-9(11)17/h3-5,12-14,16H,1-2H2,(H,10,15,17). The maximum atomic E-state index is 11.5. The van der Waals surface area contributed by atoms with Crippen LogP contribution in [0.15, 0.2) is 9.59 Å². The first-order valence-electron chi connectivity index (χ1n) is 5.16. The molecule has 1 fully saturated rings. The summed E-state index contributed by atoms with van der Waals surface area (Å²) in [7, 11) is 0. The molecule has 0 radical (unpaired) electrons. The van der Waals surface area contributed by atoms with Gasteiger partial charge in [0, 0.05) is 6.42 Å². The van der Waals surface area contributed by atoms with Crippen LogP contribution in [0.25, 0.3) is 0 Å². The number of H-pyrrole nitrogens is 1. The average Bonchev–Trinajstić information content (AvgIpc) is 2.67. The monoisotopic (exact) mass is 260 g/mol. The summed E-state index contributed by atoms with van der Waals surface area (Å²) in [6.07, 6.45) is -3.05. The summed E-state index contributed by atoms with van der Waals surface area (Å²) in [4.78, 5) is 24.3. The first-order valence-corrected chi connectivity index (χ1v) is 5.16. The Bertz CT molecular complexity index is 563. The quantitative estimate of drug-likeness (QED) is 0.398. The number of aromatic nitrogens is 2. The molecule has 1 aliphatic rings. The van der Waals surface area contributed by atoms with Crippen LogP contribution >= 0.6 is 0 Å². The van der Waals surface area contributed by atoms with Crippen LogP contribution in [0.4, 0.5) is 0 Å². The van der Waals surface area contributed by atoms with Gasteiger partial charge >= 0.3 is 5.69 Å². The Morgan fingerprint density at radius 2 is 2.06 bits per heavy atom. The van der Waals surface area contributed by atoms with Gasteiger partial charge in [-0.2, -0.15) is 0 Å². The first kappa shape index (κ1) is 12.6. The second kappa shape index (κ2) is 4.44. The van der Waals surface area contributed by atoms with Crippen molar-refractivity contribution in [2.75, 3.05) is 6.61 Å². The third-order valence-electron chi connectivity index (χ3n) is 2.77. The van der Waals surface area contributed by atoms with Crippen molar-refractivity contribution in [2.24, 2.45) is 0 Å². The fraction of sp³-hybridized carbons (Fsp3) is 0.556. The summed E-state index contributed by atoms with van der Waals surface area (Å²) in [6, 6.07) is 0. The average molecular weight is 260 g/mol. The number of hydrogen-bond donors (Lipinski definition) is 5. The number of hydrogen-bond acceptors (Lipinski definition) is 7. The van der Waals surface area contributed by atoms with Gasteiger partial charge in [0.1, 0.15) is 12.3 Å². The topological polar surface area (TPSA) is 145 Å². The van der Waals surface area contributed by atoms with E-state index >= 15 is 0 Å². The van der Waals surface area contributed by atoms with Crippen molar-refractivity contribution < 1.29 is 25.2 Å². The molecule has 1 aliphatic heterocycles. The summed E-state index contributed by atoms with van der Waals surface area (Å²) in [5.74, 6) is -1.96. The van der Waals surface area contributed by atoms with Crippen molar-refractivity contribution in [2.45, 2.75) is 24.9 Å². The number of aromatic hydroxyl groups is 2. The molecular formula is C9H12N2O7. The number of ether oxygens (including phenoxy) is 1. The molecule has 0 bridgehead atoms. The largest absolute Gasteiger partial charge is 0.499 e. The van der Waals surface area contributed by atoms with Gasteiger partial charge in [-0.05, 0) is 0 Å². The van der Waals surface area contributed by atoms with Crippen LogP contribution in [0.2, 0.25) is 0 Å². The highest BCUT2D eigenvalue weighted by atomic mass is 16.5. The Labute approximate surface area is 99.5 Å². The molecule has 0 saturated carbocycles. The lowest BCUT2D eigenvalue weighted by Crippen LogP contribution is -2.32. The molecule has 100 valence electrons. The van der Waals surface area contributed by atoms with E-state index in [0.29, 0.717) is 4.57 Å². The Kier molecular flexibility index (Phi) is 3.11. The molecule has 0 amide bonds. The van der Waals surface area contributed by atoms with E-state index in [9.17, 15) is 24.9 Å². The van der Waals surface area contributed by atoms with Crippen molar-refractivity contribution in [3.8, 4) is 11.6 Å². The van der Waals surface area contributed by atoms with E-state index < -0.39 is 47.9 Å². The molecule has 0 aliphatic carbocycles. The highest BCUT2D eigenvalue weighted by Gasteiger charge is 2.36. The van der Waals surface area contributed by atoms with E-state index in [1.165, 1.54) is 0 Å². The minimum absolute atomic E-state index is 0.0653. The minimum atomic E-state index is -1.12. The van der Waals surface area contributed by atoms with E-state index in [-0.39, 0.29) is 6.42 Å². The van der Waals surface area contributed by atoms with Gasteiger partial charge in [0.2, 0.25) is 11.6 Å². The summed E-state index contributed by atoms with van der Waals surface area (Å²) < 4.78 is 5.74. The molecule has 9 nitrogen and oxygen atoms in total. The lowest BCUT2D eigenvalue weighted by Gasteiger charge is -2.15. The lowest BCUT2D eigenvalue weighted by molar-refractivity contribution is -0.0482. The second-order valence-corrected chi connectivity index (χ2v) is 3.92. The van der Waals surface area contributed by atoms with Gasteiger partial charge in [0.25, 0.3) is 5.56 Å². The third kappa shape index (κ3) is 1.88. The molecule has 9 heteroatoms. The van der Waals surface area contributed by atoms with Crippen molar-refractivity contribution in [1.82, 2.24) is 9.55 Å². The molecule has 18 heavy (non-hydrogen) atoms. The predicted octanol–water partition coefficient (Wildman–Crippen LogP) is -2.41. The van der Waals surface area contributed by atoms with Gasteiger partial charge < -0.3 is 25.2 Å². The van der Waals surface area contributed by atoms with Crippen LogP contribution in [0.1, 0.15) is 12.6 Å². The molecule has 3 unspecified atom stereocenters. The first-order chi connectivity index (χ1) is 8.45. The molecule has 2 heterocycles. The van der Waals surface area contributed by atoms with Gasteiger partial charge in [-0.3, -0.25) is 9.78 Å². The number of rotatable bonds is 2. The van der Waals surface area contributed by atoms with Gasteiger partial charge in [-0.1, -0.05) is 0 Å². The van der Waals surface area contributed by atoms with E-state index in [4.69, 9.17) is 9.84 Å². The maximum absolute atomic E-state index is 11.5. The number of aliphatic hydroxyl groups is 2. The number of nitrogens with one attached hydrogen (secondary N) is 1. The van der Waals surface area contributed by atoms with Gasteiger partial charge in [0.05, 0.1) is 12.7 Å². The SMILES string of the molecule is O=c1[nH]c(=O)n(C2CC(O)C(CO)O2)c(O)c1O. The molecule has 1 aromatic heterocycles. The molecular weight excluding hydrogens is 248 g/mol. The molecule has 1 aromatic rings. The Morgan fingerprint density at radius 1 is 1.39 bits per heavy atom.